The van der Waals surface area contributed by atoms with Gasteiger partial charge in [0.05, 0.1) is 4.92 Å². The molecule has 0 aliphatic carbocycles. The lowest BCUT2D eigenvalue weighted by Crippen LogP contribution is -2.09. The second-order valence-corrected chi connectivity index (χ2v) is 6.47. The van der Waals surface area contributed by atoms with Gasteiger partial charge in [0.1, 0.15) is 0 Å². The highest BCUT2D eigenvalue weighted by Crippen LogP contribution is 2.30. The van der Waals surface area contributed by atoms with Crippen molar-refractivity contribution in [3.8, 4) is 11.5 Å². The fraction of sp³-hybridized carbons (Fsp3) is 0.150. The van der Waals surface area contributed by atoms with Gasteiger partial charge < -0.3 is 13.6 Å². The summed E-state index contributed by atoms with van der Waals surface area (Å²) in [5.41, 5.74) is 0.839. The minimum absolute atomic E-state index is 0.0205. The van der Waals surface area contributed by atoms with Crippen LogP contribution < -0.4 is 0 Å². The molecule has 0 radical (unpaired) electrons. The summed E-state index contributed by atoms with van der Waals surface area (Å²) in [5, 5.41) is 19.0. The number of hydrogen-bond acceptors (Lipinski definition) is 8. The Labute approximate surface area is 168 Å². The lowest BCUT2D eigenvalue weighted by atomic mass is 10.1. The van der Waals surface area contributed by atoms with Crippen LogP contribution in [0.4, 0.5) is 10.1 Å². The summed E-state index contributed by atoms with van der Waals surface area (Å²) in [5.74, 6) is -1.35. The summed E-state index contributed by atoms with van der Waals surface area (Å²) >= 11 is 0. The average Bonchev–Trinajstić information content (AvgIpc) is 3.34. The molecule has 0 spiro atoms. The van der Waals surface area contributed by atoms with E-state index in [9.17, 15) is 19.3 Å². The second-order valence-electron chi connectivity index (χ2n) is 6.47. The van der Waals surface area contributed by atoms with Crippen molar-refractivity contribution in [1.82, 2.24) is 10.2 Å². The van der Waals surface area contributed by atoms with Gasteiger partial charge in [-0.25, -0.2) is 9.18 Å². The molecular formula is C20H14FN3O6. The summed E-state index contributed by atoms with van der Waals surface area (Å²) in [4.78, 5) is 22.7. The molecule has 0 amide bonds. The Morgan fingerprint density at radius 1 is 1.17 bits per heavy atom. The van der Waals surface area contributed by atoms with Crippen molar-refractivity contribution in [3.05, 3.63) is 75.6 Å². The topological polar surface area (TPSA) is 122 Å². The monoisotopic (exact) mass is 411 g/mol. The van der Waals surface area contributed by atoms with E-state index in [4.69, 9.17) is 13.6 Å². The van der Waals surface area contributed by atoms with E-state index in [2.05, 4.69) is 10.2 Å². The average molecular weight is 411 g/mol. The number of nitro groups is 1. The highest BCUT2D eigenvalue weighted by atomic mass is 19.1. The van der Waals surface area contributed by atoms with Crippen molar-refractivity contribution in [2.75, 3.05) is 0 Å². The van der Waals surface area contributed by atoms with Crippen LogP contribution in [0, 0.1) is 22.9 Å². The van der Waals surface area contributed by atoms with Gasteiger partial charge in [0.15, 0.2) is 17.5 Å². The Morgan fingerprint density at radius 3 is 2.57 bits per heavy atom. The van der Waals surface area contributed by atoms with Gasteiger partial charge >= 0.3 is 5.97 Å². The van der Waals surface area contributed by atoms with E-state index in [0.29, 0.717) is 16.5 Å². The van der Waals surface area contributed by atoms with Gasteiger partial charge in [0.25, 0.3) is 11.6 Å². The number of esters is 1. The molecule has 0 aliphatic heterocycles. The maximum atomic E-state index is 13.9. The number of carbonyl (C=O) groups excluding carboxylic acids is 1. The molecule has 0 bridgehead atoms. The molecule has 0 fully saturated rings. The summed E-state index contributed by atoms with van der Waals surface area (Å²) in [6.45, 7) is 3.16. The quantitative estimate of drug-likeness (QED) is 0.262. The molecule has 4 rings (SSSR count). The second kappa shape index (κ2) is 7.39. The zero-order valence-electron chi connectivity index (χ0n) is 15.8. The van der Waals surface area contributed by atoms with Crippen molar-refractivity contribution in [2.24, 2.45) is 0 Å². The molecule has 0 unspecified atom stereocenters. The lowest BCUT2D eigenvalue weighted by molar-refractivity contribution is -0.384. The van der Waals surface area contributed by atoms with Crippen LogP contribution >= 0.6 is 0 Å². The minimum atomic E-state index is -0.908. The van der Waals surface area contributed by atoms with Crippen molar-refractivity contribution in [3.63, 3.8) is 0 Å². The lowest BCUT2D eigenvalue weighted by Gasteiger charge is -2.08. The Bertz CT molecular complexity index is 1260. The Morgan fingerprint density at radius 2 is 1.90 bits per heavy atom. The van der Waals surface area contributed by atoms with Gasteiger partial charge in [-0.2, -0.15) is 0 Å². The molecule has 0 N–H and O–H groups in total. The Kier molecular flexibility index (Phi) is 4.74. The molecule has 4 aromatic rings. The van der Waals surface area contributed by atoms with E-state index in [1.807, 2.05) is 0 Å². The number of ether oxygens (including phenoxy) is 1. The number of aromatic nitrogens is 2. The molecule has 2 aromatic heterocycles. The third-order valence-corrected chi connectivity index (χ3v) is 4.50. The number of furan rings is 1. The molecule has 2 aromatic carbocycles. The summed E-state index contributed by atoms with van der Waals surface area (Å²) in [6, 6.07) is 9.97. The first-order valence-electron chi connectivity index (χ1n) is 8.82. The standard InChI is InChI=1S/C20H14FN3O6/c1-10-14-4-3-5-15(21)17(14)29-16(10)20(25)28-11(2)18-22-23-19(30-18)12-6-8-13(9-7-12)24(26)27/h3-9,11H,1-2H3/t11-/m0/s1. The number of nitrogens with zero attached hydrogens (tertiary/aromatic N) is 3. The Balaban J connectivity index is 1.53. The van der Waals surface area contributed by atoms with Gasteiger partial charge in [-0.3, -0.25) is 10.1 Å². The Hall–Kier alpha value is -4.08. The number of aryl methyl sites for hydroxylation is 1. The van der Waals surface area contributed by atoms with Crippen LogP contribution in [0.25, 0.3) is 22.4 Å². The van der Waals surface area contributed by atoms with Gasteiger partial charge in [-0.1, -0.05) is 12.1 Å². The fourth-order valence-corrected chi connectivity index (χ4v) is 2.91. The highest BCUT2D eigenvalue weighted by molar-refractivity contribution is 5.96. The number of carbonyl (C=O) groups is 1. The van der Waals surface area contributed by atoms with Gasteiger partial charge in [-0.05, 0) is 32.0 Å². The van der Waals surface area contributed by atoms with Crippen molar-refractivity contribution >= 4 is 22.6 Å². The van der Waals surface area contributed by atoms with Crippen molar-refractivity contribution in [2.45, 2.75) is 20.0 Å². The first-order valence-corrected chi connectivity index (χ1v) is 8.82. The molecule has 0 saturated carbocycles. The third-order valence-electron chi connectivity index (χ3n) is 4.50. The van der Waals surface area contributed by atoms with Crippen LogP contribution in [0.15, 0.2) is 51.3 Å². The van der Waals surface area contributed by atoms with E-state index in [0.717, 1.165) is 0 Å². The predicted molar refractivity (Wildman–Crippen MR) is 101 cm³/mol. The normalized spacial score (nSPS) is 12.1. The SMILES string of the molecule is Cc1c(C(=O)O[C@@H](C)c2nnc(-c3ccc([N+](=O)[O-])cc3)o2)oc2c(F)cccc12. The van der Waals surface area contributed by atoms with Crippen LogP contribution in [0.5, 0.6) is 0 Å². The zero-order valence-corrected chi connectivity index (χ0v) is 15.8. The summed E-state index contributed by atoms with van der Waals surface area (Å²) < 4.78 is 30.1. The number of benzene rings is 2. The molecule has 9 nitrogen and oxygen atoms in total. The number of fused-ring (bicyclic) bond motifs is 1. The highest BCUT2D eigenvalue weighted by Gasteiger charge is 2.25. The predicted octanol–water partition coefficient (Wildman–Crippen LogP) is 4.76. The first kappa shape index (κ1) is 19.2. The number of halogens is 1. The molecule has 2 heterocycles. The summed E-state index contributed by atoms with van der Waals surface area (Å²) in [6.07, 6.45) is -0.908. The minimum Gasteiger partial charge on any atom is -0.447 e. The number of nitro benzene ring substituents is 1. The summed E-state index contributed by atoms with van der Waals surface area (Å²) in [7, 11) is 0. The van der Waals surface area contributed by atoms with Crippen molar-refractivity contribution in [1.29, 1.82) is 0 Å². The smallest absolute Gasteiger partial charge is 0.375 e. The van der Waals surface area contributed by atoms with Crippen LogP contribution in [0.2, 0.25) is 0 Å². The maximum absolute atomic E-state index is 13.9. The molecule has 0 aliphatic rings. The fourth-order valence-electron chi connectivity index (χ4n) is 2.91. The van der Waals surface area contributed by atoms with E-state index in [-0.39, 0.29) is 28.8 Å². The number of non-ortho nitro benzene ring substituents is 1. The molecule has 152 valence electrons. The number of hydrogen-bond donors (Lipinski definition) is 0. The molecule has 1 atom stereocenters. The van der Waals surface area contributed by atoms with E-state index < -0.39 is 22.8 Å². The van der Waals surface area contributed by atoms with Crippen molar-refractivity contribution < 1.29 is 27.7 Å². The van der Waals surface area contributed by atoms with Crippen LogP contribution in [0.3, 0.4) is 0 Å². The van der Waals surface area contributed by atoms with E-state index in [1.54, 1.807) is 13.0 Å². The third kappa shape index (κ3) is 3.39. The first-order chi connectivity index (χ1) is 14.3. The largest absolute Gasteiger partial charge is 0.447 e. The van der Waals surface area contributed by atoms with Gasteiger partial charge in [0, 0.05) is 28.6 Å². The zero-order chi connectivity index (χ0) is 21.4. The number of para-hydroxylation sites is 1. The molecule has 10 heteroatoms. The molecular weight excluding hydrogens is 397 g/mol. The molecule has 0 saturated heterocycles. The van der Waals surface area contributed by atoms with Gasteiger partial charge in [-0.15, -0.1) is 10.2 Å². The van der Waals surface area contributed by atoms with Gasteiger partial charge in [0.2, 0.25) is 11.7 Å². The van der Waals surface area contributed by atoms with Crippen LogP contribution in [-0.4, -0.2) is 21.1 Å². The van der Waals surface area contributed by atoms with E-state index in [1.165, 1.54) is 43.3 Å². The number of rotatable bonds is 5. The van der Waals surface area contributed by atoms with E-state index >= 15 is 0 Å². The molecule has 30 heavy (non-hydrogen) atoms. The van der Waals surface area contributed by atoms with Crippen LogP contribution in [0.1, 0.15) is 35.0 Å². The van der Waals surface area contributed by atoms with Crippen LogP contribution in [-0.2, 0) is 4.74 Å². The maximum Gasteiger partial charge on any atom is 0.375 e.